The van der Waals surface area contributed by atoms with Gasteiger partial charge in [0.05, 0.1) is 19.3 Å². The summed E-state index contributed by atoms with van der Waals surface area (Å²) in [5.41, 5.74) is 6.97. The minimum Gasteiger partial charge on any atom is -0.466 e. The molecule has 0 saturated heterocycles. The predicted octanol–water partition coefficient (Wildman–Crippen LogP) is 1.63. The van der Waals surface area contributed by atoms with E-state index in [0.29, 0.717) is 11.3 Å². The summed E-state index contributed by atoms with van der Waals surface area (Å²) in [6.45, 7) is 2.00. The predicted molar refractivity (Wildman–Crippen MR) is 67.9 cm³/mol. The third-order valence-corrected chi connectivity index (χ3v) is 2.19. The van der Waals surface area contributed by atoms with Crippen LogP contribution < -0.4 is 5.73 Å². The van der Waals surface area contributed by atoms with Crippen molar-refractivity contribution in [3.63, 3.8) is 0 Å². The monoisotopic (exact) mass is 249 g/mol. The van der Waals surface area contributed by atoms with E-state index < -0.39 is 11.9 Å². The van der Waals surface area contributed by atoms with E-state index in [4.69, 9.17) is 10.5 Å². The third-order valence-electron chi connectivity index (χ3n) is 2.19. The Bertz CT molecular complexity index is 480. The molecule has 0 atom stereocenters. The molecule has 0 bridgehead atoms. The molecule has 0 saturated carbocycles. The molecule has 0 fully saturated rings. The van der Waals surface area contributed by atoms with Crippen molar-refractivity contribution < 1.29 is 19.1 Å². The van der Waals surface area contributed by atoms with Crippen molar-refractivity contribution in [2.75, 3.05) is 19.5 Å². The second kappa shape index (κ2) is 6.44. The first-order chi connectivity index (χ1) is 8.58. The lowest BCUT2D eigenvalue weighted by Crippen LogP contribution is -2.08. The molecule has 0 aromatic heterocycles. The summed E-state index contributed by atoms with van der Waals surface area (Å²) in [5.74, 6) is -0.951. The maximum Gasteiger partial charge on any atom is 0.340 e. The fraction of sp³-hybridized carbons (Fsp3) is 0.231. The molecular weight excluding hydrogens is 234 g/mol. The Balaban J connectivity index is 2.97. The normalized spacial score (nSPS) is 10.3. The highest BCUT2D eigenvalue weighted by atomic mass is 16.5. The number of anilines is 1. The SMILES string of the molecule is CCOC(=O)c1cc(C=CC(=O)OC)ccc1N. The van der Waals surface area contributed by atoms with Gasteiger partial charge in [0.2, 0.25) is 0 Å². The number of nitrogens with two attached hydrogens (primary N) is 1. The average molecular weight is 249 g/mol. The maximum absolute atomic E-state index is 11.6. The van der Waals surface area contributed by atoms with Crippen molar-refractivity contribution in [3.8, 4) is 0 Å². The smallest absolute Gasteiger partial charge is 0.340 e. The van der Waals surface area contributed by atoms with Gasteiger partial charge in [0.1, 0.15) is 0 Å². The number of ether oxygens (including phenoxy) is 2. The van der Waals surface area contributed by atoms with Crippen molar-refractivity contribution >= 4 is 23.7 Å². The largest absolute Gasteiger partial charge is 0.466 e. The molecule has 0 aliphatic rings. The Labute approximate surface area is 105 Å². The second-order valence-electron chi connectivity index (χ2n) is 3.42. The lowest BCUT2D eigenvalue weighted by molar-refractivity contribution is -0.134. The number of hydrogen-bond donors (Lipinski definition) is 1. The summed E-state index contributed by atoms with van der Waals surface area (Å²) in [4.78, 5) is 22.5. The van der Waals surface area contributed by atoms with Crippen LogP contribution in [0.5, 0.6) is 0 Å². The van der Waals surface area contributed by atoms with Crippen molar-refractivity contribution in [2.24, 2.45) is 0 Å². The first-order valence-electron chi connectivity index (χ1n) is 5.41. The Kier molecular flexibility index (Phi) is 4.92. The van der Waals surface area contributed by atoms with Gasteiger partial charge in [-0.2, -0.15) is 0 Å². The van der Waals surface area contributed by atoms with Crippen LogP contribution in [-0.4, -0.2) is 25.7 Å². The number of rotatable bonds is 4. The fourth-order valence-corrected chi connectivity index (χ4v) is 1.30. The molecular formula is C13H15NO4. The summed E-state index contributed by atoms with van der Waals surface area (Å²) in [6.07, 6.45) is 2.80. The van der Waals surface area contributed by atoms with E-state index in [0.717, 1.165) is 0 Å². The lowest BCUT2D eigenvalue weighted by atomic mass is 10.1. The van der Waals surface area contributed by atoms with Crippen LogP contribution in [0.15, 0.2) is 24.3 Å². The van der Waals surface area contributed by atoms with E-state index in [2.05, 4.69) is 4.74 Å². The van der Waals surface area contributed by atoms with Crippen LogP contribution in [0, 0.1) is 0 Å². The Morgan fingerprint density at radius 1 is 1.39 bits per heavy atom. The van der Waals surface area contributed by atoms with Crippen molar-refractivity contribution in [3.05, 3.63) is 35.4 Å². The molecule has 0 radical (unpaired) electrons. The molecule has 0 unspecified atom stereocenters. The van der Waals surface area contributed by atoms with Crippen LogP contribution in [0.3, 0.4) is 0 Å². The first-order valence-corrected chi connectivity index (χ1v) is 5.41. The van der Waals surface area contributed by atoms with E-state index in [1.54, 1.807) is 25.1 Å². The molecule has 1 aromatic rings. The maximum atomic E-state index is 11.6. The highest BCUT2D eigenvalue weighted by Gasteiger charge is 2.10. The number of methoxy groups -OCH3 is 1. The lowest BCUT2D eigenvalue weighted by Gasteiger charge is -2.06. The van der Waals surface area contributed by atoms with Crippen LogP contribution in [0.1, 0.15) is 22.8 Å². The number of nitrogen functional groups attached to an aromatic ring is 1. The molecule has 2 N–H and O–H groups in total. The molecule has 0 amide bonds. The van der Waals surface area contributed by atoms with Crippen LogP contribution in [-0.2, 0) is 14.3 Å². The van der Waals surface area contributed by atoms with Gasteiger partial charge >= 0.3 is 11.9 Å². The fourth-order valence-electron chi connectivity index (χ4n) is 1.30. The molecule has 0 aliphatic carbocycles. The molecule has 0 aliphatic heterocycles. The van der Waals surface area contributed by atoms with Crippen LogP contribution >= 0.6 is 0 Å². The third kappa shape index (κ3) is 3.62. The van der Waals surface area contributed by atoms with Gasteiger partial charge < -0.3 is 15.2 Å². The Morgan fingerprint density at radius 2 is 2.11 bits per heavy atom. The summed E-state index contributed by atoms with van der Waals surface area (Å²) < 4.78 is 9.35. The van der Waals surface area contributed by atoms with Gasteiger partial charge in [0, 0.05) is 11.8 Å². The molecule has 0 spiro atoms. The standard InChI is InChI=1S/C13H15NO4/c1-3-18-13(16)10-8-9(4-6-11(10)14)5-7-12(15)17-2/h4-8H,3,14H2,1-2H3. The number of esters is 2. The minimum absolute atomic E-state index is 0.278. The Morgan fingerprint density at radius 3 is 2.72 bits per heavy atom. The van der Waals surface area contributed by atoms with E-state index in [1.807, 2.05) is 0 Å². The van der Waals surface area contributed by atoms with E-state index in [1.165, 1.54) is 19.3 Å². The number of carbonyl (C=O) groups excluding carboxylic acids is 2. The first kappa shape index (κ1) is 13.8. The summed E-state index contributed by atoms with van der Waals surface area (Å²) >= 11 is 0. The summed E-state index contributed by atoms with van der Waals surface area (Å²) in [5, 5.41) is 0. The van der Waals surface area contributed by atoms with Gasteiger partial charge in [-0.25, -0.2) is 9.59 Å². The number of hydrogen-bond acceptors (Lipinski definition) is 5. The van der Waals surface area contributed by atoms with Gasteiger partial charge in [-0.3, -0.25) is 0 Å². The van der Waals surface area contributed by atoms with E-state index >= 15 is 0 Å². The zero-order chi connectivity index (χ0) is 13.5. The molecule has 1 aromatic carbocycles. The summed E-state index contributed by atoms with van der Waals surface area (Å²) in [7, 11) is 1.29. The highest BCUT2D eigenvalue weighted by Crippen LogP contribution is 2.16. The Hall–Kier alpha value is -2.30. The average Bonchev–Trinajstić information content (AvgIpc) is 2.37. The van der Waals surface area contributed by atoms with Crippen molar-refractivity contribution in [2.45, 2.75) is 6.92 Å². The minimum atomic E-state index is -0.483. The van der Waals surface area contributed by atoms with Crippen molar-refractivity contribution in [1.29, 1.82) is 0 Å². The molecule has 5 nitrogen and oxygen atoms in total. The zero-order valence-electron chi connectivity index (χ0n) is 10.3. The molecule has 96 valence electrons. The topological polar surface area (TPSA) is 78.6 Å². The number of benzene rings is 1. The summed E-state index contributed by atoms with van der Waals surface area (Å²) in [6, 6.07) is 4.84. The van der Waals surface area contributed by atoms with Crippen molar-refractivity contribution in [1.82, 2.24) is 0 Å². The van der Waals surface area contributed by atoms with Crippen LogP contribution in [0.2, 0.25) is 0 Å². The molecule has 1 rings (SSSR count). The van der Waals surface area contributed by atoms with Gasteiger partial charge in [-0.1, -0.05) is 6.07 Å². The van der Waals surface area contributed by atoms with Gasteiger partial charge in [-0.15, -0.1) is 0 Å². The van der Waals surface area contributed by atoms with Crippen LogP contribution in [0.4, 0.5) is 5.69 Å². The molecule has 5 heteroatoms. The zero-order valence-corrected chi connectivity index (χ0v) is 10.3. The van der Waals surface area contributed by atoms with E-state index in [9.17, 15) is 9.59 Å². The number of carbonyl (C=O) groups is 2. The van der Waals surface area contributed by atoms with Gasteiger partial charge in [0.15, 0.2) is 0 Å². The quantitative estimate of drug-likeness (QED) is 0.498. The van der Waals surface area contributed by atoms with Crippen LogP contribution in [0.25, 0.3) is 6.08 Å². The van der Waals surface area contributed by atoms with Gasteiger partial charge in [0.25, 0.3) is 0 Å². The molecule has 18 heavy (non-hydrogen) atoms. The highest BCUT2D eigenvalue weighted by molar-refractivity contribution is 5.96. The van der Waals surface area contributed by atoms with E-state index in [-0.39, 0.29) is 12.2 Å². The van der Waals surface area contributed by atoms with Gasteiger partial charge in [-0.05, 0) is 30.7 Å². The second-order valence-corrected chi connectivity index (χ2v) is 3.42. The molecule has 0 heterocycles.